The molecular weight excluding hydrogens is 3410 g/mol. The van der Waals surface area contributed by atoms with E-state index >= 15 is 0 Å². The van der Waals surface area contributed by atoms with Crippen molar-refractivity contribution in [1.29, 1.82) is 0 Å². The summed E-state index contributed by atoms with van der Waals surface area (Å²) in [7, 11) is 0. The average molecular weight is 3510 g/mol. The Hall–Kier alpha value is -3.26. The van der Waals surface area contributed by atoms with E-state index in [1.54, 1.807) is 113 Å². The first kappa shape index (κ1) is 128. The van der Waals surface area contributed by atoms with Gasteiger partial charge in [0.15, 0.2) is 0 Å². The Bertz CT molecular complexity index is 4380. The third kappa shape index (κ3) is 54.2. The third-order valence-corrected chi connectivity index (χ3v) is 19.4. The first-order valence-electron chi connectivity index (χ1n) is 37.1. The second-order valence-corrected chi connectivity index (χ2v) is 30.3. The standard InChI is InChI=1S/C15H16O2.3C13H8NS.C11H8N.C9H6NS.4C5H12O2.10Ir/c16-14(12-7-3-1-4-8-12)11-15(17)13-9-5-2-6-10-13;3*1-2-7-12-10(5-1)9-13(15-12)11-6-3-4-8-14-11;1-2-6-10(7-3-1)11-8-4-5-9-12-11;1-2-6-10-8(4-1)9-5-3-7-11-9;4*1-4(6)3-5(2)7;;;;;;;;;;/h1-10,14-17H,11H2;3*1-8H;1-6,8-9H;1-4,6-7H;4*4-7H,3H2,1-2H3;;;;;;;;;;/q;5*-1;;;;;;;;;;;;;;. The molecule has 10 radical (unpaired) electrons. The van der Waals surface area contributed by atoms with Gasteiger partial charge in [-0.2, -0.15) is 12.1 Å². The summed E-state index contributed by atoms with van der Waals surface area (Å²) in [6.07, 6.45) is 6.96. The molecule has 15 rings (SSSR count). The van der Waals surface area contributed by atoms with E-state index < -0.39 is 12.2 Å². The molecular formula is C94H102Ir10N5O10S4-5. The van der Waals surface area contributed by atoms with Crippen molar-refractivity contribution in [2.24, 2.45) is 0 Å². The summed E-state index contributed by atoms with van der Waals surface area (Å²) in [4.78, 5) is 25.8. The van der Waals surface area contributed by atoms with E-state index in [9.17, 15) is 10.2 Å². The number of rotatable bonds is 17. The summed E-state index contributed by atoms with van der Waals surface area (Å²) in [6.45, 7) is 13.3. The van der Waals surface area contributed by atoms with Crippen molar-refractivity contribution in [3.8, 4) is 53.5 Å². The molecule has 123 heavy (non-hydrogen) atoms. The molecule has 10 atom stereocenters. The van der Waals surface area contributed by atoms with Crippen LogP contribution >= 0.6 is 45.3 Å². The third-order valence-electron chi connectivity index (χ3n) is 15.3. The Kier molecular flexibility index (Phi) is 78.6. The number of fused-ring (bicyclic) bond motifs is 3. The zero-order valence-corrected chi connectivity index (χ0v) is 95.4. The Morgan fingerprint density at radius 1 is 0.252 bits per heavy atom. The molecule has 15 aromatic rings. The van der Waals surface area contributed by atoms with E-state index in [1.807, 2.05) is 224 Å². The van der Waals surface area contributed by atoms with Gasteiger partial charge in [-0.05, 0) is 163 Å². The van der Waals surface area contributed by atoms with E-state index in [-0.39, 0.29) is 250 Å². The van der Waals surface area contributed by atoms with Crippen LogP contribution in [0.3, 0.4) is 0 Å². The van der Waals surface area contributed by atoms with Crippen LogP contribution in [0, 0.1) is 30.3 Å². The van der Waals surface area contributed by atoms with Gasteiger partial charge in [-0.1, -0.05) is 163 Å². The summed E-state index contributed by atoms with van der Waals surface area (Å²) in [6, 6.07) is 99.3. The van der Waals surface area contributed by atoms with Gasteiger partial charge < -0.3 is 76.0 Å². The fourth-order valence-corrected chi connectivity index (χ4v) is 13.9. The van der Waals surface area contributed by atoms with Crippen molar-refractivity contribution in [3.05, 3.63) is 333 Å². The molecule has 0 spiro atoms. The van der Waals surface area contributed by atoms with E-state index in [2.05, 4.69) is 110 Å². The van der Waals surface area contributed by atoms with Crippen LogP contribution in [0.2, 0.25) is 0 Å². The van der Waals surface area contributed by atoms with Crippen molar-refractivity contribution < 1.29 is 252 Å². The second-order valence-electron chi connectivity index (χ2n) is 26.2. The normalized spacial score (nSPS) is 12.0. The maximum atomic E-state index is 9.99. The number of thiophene rings is 4. The predicted molar refractivity (Wildman–Crippen MR) is 466 cm³/mol. The van der Waals surface area contributed by atoms with Gasteiger partial charge in [-0.15, -0.1) is 112 Å². The number of aromatic nitrogens is 5. The molecule has 0 aliphatic carbocycles. The number of hydrogen-bond donors (Lipinski definition) is 10. The molecule has 10 N–H and O–H groups in total. The van der Waals surface area contributed by atoms with Crippen LogP contribution in [0.25, 0.3) is 83.8 Å². The van der Waals surface area contributed by atoms with Crippen LogP contribution in [0.1, 0.15) is 111 Å². The number of benzene rings is 6. The Morgan fingerprint density at radius 3 is 0.732 bits per heavy atom. The molecule has 0 fully saturated rings. The number of aliphatic hydroxyl groups is 10. The minimum absolute atomic E-state index is 0. The summed E-state index contributed by atoms with van der Waals surface area (Å²) < 4.78 is 3.79. The van der Waals surface area contributed by atoms with Crippen molar-refractivity contribution in [2.45, 2.75) is 149 Å². The second kappa shape index (κ2) is 75.4. The number of hydrogen-bond acceptors (Lipinski definition) is 19. The van der Waals surface area contributed by atoms with Gasteiger partial charge in [0.2, 0.25) is 0 Å². The molecule has 9 heterocycles. The van der Waals surface area contributed by atoms with Crippen molar-refractivity contribution in [2.75, 3.05) is 0 Å². The summed E-state index contributed by atoms with van der Waals surface area (Å²) in [5.41, 5.74) is 7.68. The van der Waals surface area contributed by atoms with E-state index in [1.165, 1.54) is 30.3 Å². The molecule has 10 unspecified atom stereocenters. The Balaban J connectivity index is -0.000000422. The molecule has 0 saturated carbocycles. The first-order valence-corrected chi connectivity index (χ1v) is 40.5. The van der Waals surface area contributed by atoms with Gasteiger partial charge >= 0.3 is 0 Å². The van der Waals surface area contributed by atoms with E-state index in [0.29, 0.717) is 32.1 Å². The Labute approximate surface area is 876 Å². The molecule has 0 saturated heterocycles. The summed E-state index contributed by atoms with van der Waals surface area (Å²) >= 11 is 6.85. The predicted octanol–water partition coefficient (Wildman–Crippen LogP) is 19.8. The quantitative estimate of drug-likeness (QED) is 0.0380. The monoisotopic (exact) mass is 3520 g/mol. The fourth-order valence-electron chi connectivity index (χ4n) is 10.4. The molecule has 15 nitrogen and oxygen atoms in total. The SMILES string of the molecule is CC(O)CC(C)O.CC(O)CC(C)O.CC(O)CC(C)O.CC(O)CC(C)O.OC(CC(O)c1ccccc1)c1ccccc1.[Ir].[Ir].[Ir].[Ir].[Ir].[Ir].[Ir].[Ir].[Ir].[Ir].[c-]1c(-c2ccccn2)sc2ccccc12.[c-]1c(-c2ccccn2)sc2ccccc12.[c-]1c(-c2ccccn2)sc2ccccc12.[c-]1ccccc1-c1ccccn1.[c-]1ccsc1-c1ccccn1. The summed E-state index contributed by atoms with van der Waals surface area (Å²) in [5, 5.41) is 94.0. The van der Waals surface area contributed by atoms with Gasteiger partial charge in [0.05, 0.1) is 61.0 Å². The smallest absolute Gasteiger partial charge is 0.0818 e. The Morgan fingerprint density at radius 2 is 0.504 bits per heavy atom. The van der Waals surface area contributed by atoms with E-state index in [4.69, 9.17) is 40.9 Å². The minimum atomic E-state index is -0.633. The van der Waals surface area contributed by atoms with Crippen LogP contribution < -0.4 is 0 Å². The van der Waals surface area contributed by atoms with E-state index in [0.717, 1.165) is 64.7 Å². The molecule has 0 aliphatic rings. The van der Waals surface area contributed by atoms with Crippen LogP contribution in [0.4, 0.5) is 0 Å². The maximum Gasteiger partial charge on any atom is 0.0818 e. The molecule has 29 heteroatoms. The molecule has 0 amide bonds. The number of aliphatic hydroxyl groups excluding tert-OH is 10. The van der Waals surface area contributed by atoms with Crippen molar-refractivity contribution in [3.63, 3.8) is 0 Å². The zero-order chi connectivity index (χ0) is 81.5. The van der Waals surface area contributed by atoms with Crippen molar-refractivity contribution >= 4 is 75.6 Å². The molecule has 0 aliphatic heterocycles. The molecule has 6 aromatic carbocycles. The van der Waals surface area contributed by atoms with Gasteiger partial charge in [-0.25, -0.2) is 45.3 Å². The fraction of sp³-hybridized carbons (Fsp3) is 0.245. The van der Waals surface area contributed by atoms with Crippen LogP contribution in [-0.4, -0.2) is 125 Å². The van der Waals surface area contributed by atoms with Gasteiger partial charge in [0.1, 0.15) is 0 Å². The first-order chi connectivity index (χ1) is 54.5. The van der Waals surface area contributed by atoms with Gasteiger partial charge in [-0.3, -0.25) is 0 Å². The molecule has 0 bridgehead atoms. The largest absolute Gasteiger partial charge is 0.393 e. The van der Waals surface area contributed by atoms with Crippen LogP contribution in [-0.2, 0) is 201 Å². The topological polar surface area (TPSA) is 267 Å². The molecule has 682 valence electrons. The van der Waals surface area contributed by atoms with Gasteiger partial charge in [0, 0.05) is 256 Å². The summed E-state index contributed by atoms with van der Waals surface area (Å²) in [5.74, 6) is 0. The van der Waals surface area contributed by atoms with Gasteiger partial charge in [0.25, 0.3) is 0 Å². The minimum Gasteiger partial charge on any atom is -0.393 e. The maximum absolute atomic E-state index is 9.99. The molecule has 9 aromatic heterocycles. The van der Waals surface area contributed by atoms with Crippen molar-refractivity contribution in [1.82, 2.24) is 24.9 Å². The average Bonchev–Trinajstić information content (AvgIpc) is 1.71. The van der Waals surface area contributed by atoms with Crippen LogP contribution in [0.15, 0.2) is 291 Å². The zero-order valence-electron chi connectivity index (χ0n) is 68.2. The number of nitrogens with zero attached hydrogens (tertiary/aromatic N) is 5. The van der Waals surface area contributed by atoms with Crippen LogP contribution in [0.5, 0.6) is 0 Å². The number of pyridine rings is 5.